The maximum Gasteiger partial charge on any atom is 0.282 e. The van der Waals surface area contributed by atoms with Gasteiger partial charge in [0.2, 0.25) is 0 Å². The number of rotatable bonds is 3. The third-order valence-corrected chi connectivity index (χ3v) is 4.80. The SMILES string of the molecule is Cc1cccc(C2=N/C(=C/c3cccc(Br)c3)C(=O)N2c2ccccc2)c1. The Hall–Kier alpha value is -2.98. The van der Waals surface area contributed by atoms with Crippen molar-refractivity contribution in [3.63, 3.8) is 0 Å². The second-order valence-corrected chi connectivity index (χ2v) is 7.28. The van der Waals surface area contributed by atoms with Crippen molar-refractivity contribution in [3.8, 4) is 0 Å². The molecule has 0 fully saturated rings. The highest BCUT2D eigenvalue weighted by Crippen LogP contribution is 2.28. The molecular formula is C23H17BrN2O. The molecule has 132 valence electrons. The molecule has 0 bridgehead atoms. The number of carbonyl (C=O) groups is 1. The first-order valence-electron chi connectivity index (χ1n) is 8.64. The van der Waals surface area contributed by atoms with Gasteiger partial charge in [-0.1, -0.05) is 70.0 Å². The van der Waals surface area contributed by atoms with Gasteiger partial charge < -0.3 is 0 Å². The third kappa shape index (κ3) is 3.62. The molecule has 0 aliphatic carbocycles. The minimum Gasteiger partial charge on any atom is -0.266 e. The normalized spacial score (nSPS) is 15.3. The van der Waals surface area contributed by atoms with E-state index < -0.39 is 0 Å². The minimum atomic E-state index is -0.127. The summed E-state index contributed by atoms with van der Waals surface area (Å²) in [6.07, 6.45) is 1.83. The molecular weight excluding hydrogens is 400 g/mol. The summed E-state index contributed by atoms with van der Waals surface area (Å²) in [5.74, 6) is 0.522. The van der Waals surface area contributed by atoms with Crippen molar-refractivity contribution < 1.29 is 4.79 Å². The maximum atomic E-state index is 13.2. The van der Waals surface area contributed by atoms with Crippen LogP contribution in [0.4, 0.5) is 5.69 Å². The van der Waals surface area contributed by atoms with Crippen LogP contribution >= 0.6 is 15.9 Å². The van der Waals surface area contributed by atoms with Gasteiger partial charge in [-0.15, -0.1) is 0 Å². The van der Waals surface area contributed by atoms with Crippen LogP contribution < -0.4 is 4.90 Å². The Kier molecular flexibility index (Phi) is 4.73. The predicted molar refractivity (Wildman–Crippen MR) is 114 cm³/mol. The second-order valence-electron chi connectivity index (χ2n) is 6.37. The summed E-state index contributed by atoms with van der Waals surface area (Å²) >= 11 is 3.47. The maximum absolute atomic E-state index is 13.2. The molecule has 3 aromatic carbocycles. The van der Waals surface area contributed by atoms with Crippen LogP contribution in [0.1, 0.15) is 16.7 Å². The highest BCUT2D eigenvalue weighted by Gasteiger charge is 2.32. The lowest BCUT2D eigenvalue weighted by molar-refractivity contribution is -0.113. The van der Waals surface area contributed by atoms with Crippen molar-refractivity contribution >= 4 is 39.4 Å². The summed E-state index contributed by atoms with van der Waals surface area (Å²) < 4.78 is 0.963. The van der Waals surface area contributed by atoms with E-state index in [1.54, 1.807) is 4.90 Å². The number of benzene rings is 3. The van der Waals surface area contributed by atoms with Crippen LogP contribution in [0.2, 0.25) is 0 Å². The van der Waals surface area contributed by atoms with Crippen LogP contribution in [0.5, 0.6) is 0 Å². The molecule has 1 amide bonds. The molecule has 4 rings (SSSR count). The van der Waals surface area contributed by atoms with E-state index in [0.29, 0.717) is 11.5 Å². The molecule has 1 heterocycles. The lowest BCUT2D eigenvalue weighted by Gasteiger charge is -2.18. The quantitative estimate of drug-likeness (QED) is 0.512. The number of hydrogen-bond donors (Lipinski definition) is 0. The Morgan fingerprint density at radius 3 is 2.44 bits per heavy atom. The van der Waals surface area contributed by atoms with E-state index in [2.05, 4.69) is 15.9 Å². The molecule has 0 aromatic heterocycles. The molecule has 0 spiro atoms. The van der Waals surface area contributed by atoms with Gasteiger partial charge in [-0.05, 0) is 48.9 Å². The molecule has 0 atom stereocenters. The number of aliphatic imine (C=N–C) groups is 1. The van der Waals surface area contributed by atoms with Crippen LogP contribution in [-0.4, -0.2) is 11.7 Å². The third-order valence-electron chi connectivity index (χ3n) is 4.30. The van der Waals surface area contributed by atoms with Crippen molar-refractivity contribution in [1.82, 2.24) is 0 Å². The zero-order valence-electron chi connectivity index (χ0n) is 14.8. The van der Waals surface area contributed by atoms with Gasteiger partial charge in [-0.3, -0.25) is 9.69 Å². The summed E-state index contributed by atoms with van der Waals surface area (Å²) in [6.45, 7) is 2.03. The van der Waals surface area contributed by atoms with Crippen molar-refractivity contribution in [1.29, 1.82) is 0 Å². The molecule has 0 saturated carbocycles. The number of hydrogen-bond acceptors (Lipinski definition) is 2. The summed E-state index contributed by atoms with van der Waals surface area (Å²) in [4.78, 5) is 19.6. The molecule has 0 saturated heterocycles. The second kappa shape index (κ2) is 7.33. The average molecular weight is 417 g/mol. The van der Waals surface area contributed by atoms with E-state index in [1.165, 1.54) is 0 Å². The number of amidine groups is 1. The van der Waals surface area contributed by atoms with Crippen molar-refractivity contribution in [2.75, 3.05) is 4.90 Å². The van der Waals surface area contributed by atoms with E-state index in [-0.39, 0.29) is 5.91 Å². The molecule has 1 aliphatic heterocycles. The summed E-state index contributed by atoms with van der Waals surface area (Å²) in [7, 11) is 0. The molecule has 0 N–H and O–H groups in total. The van der Waals surface area contributed by atoms with Crippen LogP contribution in [0.15, 0.2) is 94.0 Å². The summed E-state index contributed by atoms with van der Waals surface area (Å²) in [5.41, 5.74) is 4.20. The lowest BCUT2D eigenvalue weighted by Crippen LogP contribution is -2.32. The van der Waals surface area contributed by atoms with E-state index in [0.717, 1.165) is 26.9 Å². The molecule has 4 heteroatoms. The smallest absolute Gasteiger partial charge is 0.266 e. The monoisotopic (exact) mass is 416 g/mol. The minimum absolute atomic E-state index is 0.127. The largest absolute Gasteiger partial charge is 0.282 e. The Bertz CT molecular complexity index is 1070. The topological polar surface area (TPSA) is 32.7 Å². The first-order chi connectivity index (χ1) is 13.1. The number of para-hydroxylation sites is 1. The van der Waals surface area contributed by atoms with Gasteiger partial charge in [-0.25, -0.2) is 4.99 Å². The Morgan fingerprint density at radius 2 is 1.70 bits per heavy atom. The van der Waals surface area contributed by atoms with E-state index in [1.807, 2.05) is 91.9 Å². The van der Waals surface area contributed by atoms with Crippen molar-refractivity contribution in [2.24, 2.45) is 4.99 Å². The molecule has 0 radical (unpaired) electrons. The van der Waals surface area contributed by atoms with E-state index in [4.69, 9.17) is 4.99 Å². The fraction of sp³-hybridized carbons (Fsp3) is 0.0435. The number of amides is 1. The van der Waals surface area contributed by atoms with Crippen molar-refractivity contribution in [3.05, 3.63) is 106 Å². The Labute approximate surface area is 166 Å². The molecule has 3 aromatic rings. The molecule has 27 heavy (non-hydrogen) atoms. The van der Waals surface area contributed by atoms with Crippen LogP contribution in [0.3, 0.4) is 0 Å². The van der Waals surface area contributed by atoms with E-state index in [9.17, 15) is 4.79 Å². The molecule has 1 aliphatic rings. The number of halogens is 1. The van der Waals surface area contributed by atoms with E-state index >= 15 is 0 Å². The highest BCUT2D eigenvalue weighted by molar-refractivity contribution is 9.10. The zero-order valence-corrected chi connectivity index (χ0v) is 16.3. The number of anilines is 1. The number of aryl methyl sites for hydroxylation is 1. The standard InChI is InChI=1S/C23H17BrN2O/c1-16-7-5-9-18(13-16)22-25-21(15-17-8-6-10-19(24)14-17)23(27)26(22)20-11-3-2-4-12-20/h2-15H,1H3/b21-15+. The fourth-order valence-electron chi connectivity index (χ4n) is 3.07. The van der Waals surface area contributed by atoms with Gasteiger partial charge in [0.25, 0.3) is 5.91 Å². The van der Waals surface area contributed by atoms with Gasteiger partial charge in [0.15, 0.2) is 0 Å². The fourth-order valence-corrected chi connectivity index (χ4v) is 3.48. The van der Waals surface area contributed by atoms with Gasteiger partial charge in [-0.2, -0.15) is 0 Å². The van der Waals surface area contributed by atoms with Crippen LogP contribution in [0, 0.1) is 6.92 Å². The van der Waals surface area contributed by atoms with Gasteiger partial charge in [0.1, 0.15) is 11.5 Å². The average Bonchev–Trinajstić information content (AvgIpc) is 2.99. The van der Waals surface area contributed by atoms with Crippen LogP contribution in [-0.2, 0) is 4.79 Å². The molecule has 0 unspecified atom stereocenters. The predicted octanol–water partition coefficient (Wildman–Crippen LogP) is 5.59. The first-order valence-corrected chi connectivity index (χ1v) is 9.43. The van der Waals surface area contributed by atoms with Gasteiger partial charge >= 0.3 is 0 Å². The Balaban J connectivity index is 1.84. The number of carbonyl (C=O) groups excluding carboxylic acids is 1. The highest BCUT2D eigenvalue weighted by atomic mass is 79.9. The summed E-state index contributed by atoms with van der Waals surface area (Å²) in [5, 5.41) is 0. The molecule has 3 nitrogen and oxygen atoms in total. The van der Waals surface area contributed by atoms with Crippen molar-refractivity contribution in [2.45, 2.75) is 6.92 Å². The number of nitrogens with zero attached hydrogens (tertiary/aromatic N) is 2. The first kappa shape index (κ1) is 17.4. The lowest BCUT2D eigenvalue weighted by atomic mass is 10.1. The Morgan fingerprint density at radius 1 is 0.926 bits per heavy atom. The van der Waals surface area contributed by atoms with Gasteiger partial charge in [0.05, 0.1) is 5.69 Å². The van der Waals surface area contributed by atoms with Gasteiger partial charge in [0, 0.05) is 10.0 Å². The summed E-state index contributed by atoms with van der Waals surface area (Å²) in [6, 6.07) is 25.5. The van der Waals surface area contributed by atoms with Crippen LogP contribution in [0.25, 0.3) is 6.08 Å². The zero-order chi connectivity index (χ0) is 18.8.